The van der Waals surface area contributed by atoms with Crippen molar-refractivity contribution < 1.29 is 28.2 Å². The molecular weight excluding hydrogens is 349 g/mol. The number of hydrogen-bond acceptors (Lipinski definition) is 3. The summed E-state index contributed by atoms with van der Waals surface area (Å²) in [4.78, 5) is 15.5. The van der Waals surface area contributed by atoms with Crippen LogP contribution in [0.15, 0.2) is 18.2 Å². The van der Waals surface area contributed by atoms with E-state index in [1.165, 1.54) is 29.7 Å². The van der Waals surface area contributed by atoms with Crippen LogP contribution in [0.3, 0.4) is 0 Å². The van der Waals surface area contributed by atoms with Gasteiger partial charge in [0.25, 0.3) is 0 Å². The average molecular weight is 370 g/mol. The van der Waals surface area contributed by atoms with E-state index in [9.17, 15) is 28.2 Å². The van der Waals surface area contributed by atoms with Gasteiger partial charge in [0.05, 0.1) is 12.2 Å². The Morgan fingerprint density at radius 2 is 1.77 bits per heavy atom. The second-order valence-electron chi connectivity index (χ2n) is 7.12. The maximum atomic E-state index is 13.5. The molecule has 0 atom stereocenters. The molecule has 0 aliphatic rings. The van der Waals surface area contributed by atoms with Crippen LogP contribution in [0.2, 0.25) is 0 Å². The monoisotopic (exact) mass is 370 g/mol. The number of benzene rings is 1. The highest BCUT2D eigenvalue weighted by molar-refractivity contribution is 5.86. The smallest absolute Gasteiger partial charge is 0.417 e. The number of halogens is 3. The number of carbonyl (C=O) groups is 1. The Kier molecular flexibility index (Phi) is 5.19. The number of hydrogen-bond donors (Lipinski definition) is 2. The van der Waals surface area contributed by atoms with Gasteiger partial charge < -0.3 is 14.8 Å². The third kappa shape index (κ3) is 3.75. The highest BCUT2D eigenvalue weighted by Crippen LogP contribution is 2.36. The molecule has 0 unspecified atom stereocenters. The summed E-state index contributed by atoms with van der Waals surface area (Å²) in [6, 6.07) is 3.99. The standard InChI is InChI=1S/C18H21F3N2O3/c1-10-14(15(25)26)22-16(17(2,3)4)23(10)8-11-6-5-7-12(9-24)13(11)18(19,20)21/h5-7,24H,8-9H2,1-4H3,(H,25,26). The molecule has 2 N–H and O–H groups in total. The zero-order valence-corrected chi connectivity index (χ0v) is 15.0. The van der Waals surface area contributed by atoms with Gasteiger partial charge >= 0.3 is 12.1 Å². The molecule has 0 spiro atoms. The fourth-order valence-corrected chi connectivity index (χ4v) is 2.95. The molecule has 1 heterocycles. The molecule has 2 rings (SSSR count). The van der Waals surface area contributed by atoms with Crippen LogP contribution in [0.25, 0.3) is 0 Å². The fraction of sp³-hybridized carbons (Fsp3) is 0.444. The van der Waals surface area contributed by atoms with Crippen LogP contribution in [0, 0.1) is 6.92 Å². The molecule has 26 heavy (non-hydrogen) atoms. The van der Waals surface area contributed by atoms with Crippen molar-refractivity contribution in [3.05, 3.63) is 52.1 Å². The van der Waals surface area contributed by atoms with E-state index in [1.54, 1.807) is 0 Å². The van der Waals surface area contributed by atoms with Gasteiger partial charge in [-0.25, -0.2) is 9.78 Å². The van der Waals surface area contributed by atoms with Crippen LogP contribution in [0.5, 0.6) is 0 Å². The van der Waals surface area contributed by atoms with Gasteiger partial charge in [0.1, 0.15) is 5.82 Å². The van der Waals surface area contributed by atoms with E-state index in [1.807, 2.05) is 20.8 Å². The molecule has 142 valence electrons. The van der Waals surface area contributed by atoms with Gasteiger partial charge in [-0.2, -0.15) is 13.2 Å². The van der Waals surface area contributed by atoms with E-state index < -0.39 is 29.7 Å². The molecular formula is C18H21F3N2O3. The van der Waals surface area contributed by atoms with Crippen LogP contribution >= 0.6 is 0 Å². The number of aliphatic hydroxyl groups excluding tert-OH is 1. The number of aliphatic hydroxyl groups is 1. The lowest BCUT2D eigenvalue weighted by molar-refractivity contribution is -0.139. The summed E-state index contributed by atoms with van der Waals surface area (Å²) in [6.45, 7) is 6.03. The number of carboxylic acid groups (broad SMARTS) is 1. The van der Waals surface area contributed by atoms with Gasteiger partial charge in [0.15, 0.2) is 5.69 Å². The van der Waals surface area contributed by atoms with Crippen LogP contribution in [0.1, 0.15) is 59.5 Å². The van der Waals surface area contributed by atoms with Crippen molar-refractivity contribution in [3.8, 4) is 0 Å². The van der Waals surface area contributed by atoms with Gasteiger partial charge in [-0.05, 0) is 18.1 Å². The van der Waals surface area contributed by atoms with Crippen LogP contribution in [-0.2, 0) is 24.7 Å². The van der Waals surface area contributed by atoms with Crippen molar-refractivity contribution >= 4 is 5.97 Å². The third-order valence-corrected chi connectivity index (χ3v) is 4.11. The van der Waals surface area contributed by atoms with Crippen molar-refractivity contribution in [3.63, 3.8) is 0 Å². The normalized spacial score (nSPS) is 12.5. The molecule has 0 amide bonds. The number of aromatic carboxylic acids is 1. The zero-order chi connectivity index (χ0) is 19.9. The molecule has 0 radical (unpaired) electrons. The molecule has 1 aromatic heterocycles. The SMILES string of the molecule is Cc1c(C(=O)O)nc(C(C)(C)C)n1Cc1cccc(CO)c1C(F)(F)F. The Morgan fingerprint density at radius 3 is 2.23 bits per heavy atom. The average Bonchev–Trinajstić information content (AvgIpc) is 2.83. The summed E-state index contributed by atoms with van der Waals surface area (Å²) < 4.78 is 42.1. The first-order chi connectivity index (χ1) is 11.9. The Morgan fingerprint density at radius 1 is 1.19 bits per heavy atom. The van der Waals surface area contributed by atoms with E-state index in [-0.39, 0.29) is 29.1 Å². The minimum Gasteiger partial charge on any atom is -0.476 e. The Balaban J connectivity index is 2.69. The van der Waals surface area contributed by atoms with Crippen LogP contribution in [0.4, 0.5) is 13.2 Å². The molecule has 8 heteroatoms. The lowest BCUT2D eigenvalue weighted by Gasteiger charge is -2.23. The first-order valence-electron chi connectivity index (χ1n) is 7.97. The number of alkyl halides is 3. The molecule has 0 aliphatic carbocycles. The second-order valence-corrected chi connectivity index (χ2v) is 7.12. The van der Waals surface area contributed by atoms with Gasteiger partial charge in [-0.1, -0.05) is 39.0 Å². The summed E-state index contributed by atoms with van der Waals surface area (Å²) in [5.41, 5.74) is -1.62. The fourth-order valence-electron chi connectivity index (χ4n) is 2.95. The molecule has 0 bridgehead atoms. The quantitative estimate of drug-likeness (QED) is 0.860. The van der Waals surface area contributed by atoms with E-state index >= 15 is 0 Å². The van der Waals surface area contributed by atoms with Gasteiger partial charge in [-0.3, -0.25) is 0 Å². The van der Waals surface area contributed by atoms with Crippen molar-refractivity contribution in [2.24, 2.45) is 0 Å². The molecule has 0 saturated heterocycles. The Hall–Kier alpha value is -2.35. The number of carboxylic acids is 1. The van der Waals surface area contributed by atoms with E-state index in [2.05, 4.69) is 4.98 Å². The van der Waals surface area contributed by atoms with Crippen molar-refractivity contribution in [1.82, 2.24) is 9.55 Å². The van der Waals surface area contributed by atoms with Crippen LogP contribution < -0.4 is 0 Å². The minimum absolute atomic E-state index is 0.0491. The lowest BCUT2D eigenvalue weighted by atomic mass is 9.95. The predicted octanol–water partition coefficient (Wildman–Crippen LogP) is 3.75. The van der Waals surface area contributed by atoms with E-state index in [0.717, 1.165) is 0 Å². The highest BCUT2D eigenvalue weighted by atomic mass is 19.4. The Bertz CT molecular complexity index is 833. The summed E-state index contributed by atoms with van der Waals surface area (Å²) in [5.74, 6) is -0.846. The predicted molar refractivity (Wildman–Crippen MR) is 89.1 cm³/mol. The molecule has 5 nitrogen and oxygen atoms in total. The molecule has 0 aliphatic heterocycles. The van der Waals surface area contributed by atoms with Crippen LogP contribution in [-0.4, -0.2) is 25.7 Å². The summed E-state index contributed by atoms with van der Waals surface area (Å²) >= 11 is 0. The topological polar surface area (TPSA) is 75.3 Å². The first-order valence-corrected chi connectivity index (χ1v) is 7.97. The van der Waals surface area contributed by atoms with E-state index in [0.29, 0.717) is 5.82 Å². The van der Waals surface area contributed by atoms with Crippen molar-refractivity contribution in [2.75, 3.05) is 0 Å². The highest BCUT2D eigenvalue weighted by Gasteiger charge is 2.36. The van der Waals surface area contributed by atoms with Crippen molar-refractivity contribution in [2.45, 2.75) is 52.4 Å². The van der Waals surface area contributed by atoms with E-state index in [4.69, 9.17) is 0 Å². The van der Waals surface area contributed by atoms with Gasteiger partial charge in [-0.15, -0.1) is 0 Å². The number of imidazole rings is 1. The Labute approximate surface area is 149 Å². The summed E-state index contributed by atoms with van der Waals surface area (Å²) in [7, 11) is 0. The minimum atomic E-state index is -4.64. The molecule has 2 aromatic rings. The maximum absolute atomic E-state index is 13.5. The summed E-state index contributed by atoms with van der Waals surface area (Å²) in [6.07, 6.45) is -4.64. The van der Waals surface area contributed by atoms with Crippen molar-refractivity contribution in [1.29, 1.82) is 0 Å². The summed E-state index contributed by atoms with van der Waals surface area (Å²) in [5, 5.41) is 18.6. The molecule has 1 aromatic carbocycles. The number of aromatic nitrogens is 2. The lowest BCUT2D eigenvalue weighted by Crippen LogP contribution is -2.22. The first kappa shape index (κ1) is 20.0. The number of rotatable bonds is 4. The second kappa shape index (κ2) is 6.75. The van der Waals surface area contributed by atoms with Gasteiger partial charge in [0, 0.05) is 17.7 Å². The molecule has 0 fully saturated rings. The zero-order valence-electron chi connectivity index (χ0n) is 15.0. The largest absolute Gasteiger partial charge is 0.476 e. The van der Waals surface area contributed by atoms with Gasteiger partial charge in [0.2, 0.25) is 0 Å². The molecule has 0 saturated carbocycles. The third-order valence-electron chi connectivity index (χ3n) is 4.11. The number of nitrogens with zero attached hydrogens (tertiary/aromatic N) is 2. The maximum Gasteiger partial charge on any atom is 0.417 e.